The smallest absolute Gasteiger partial charge is 0.260 e. The molecule has 0 radical (unpaired) electrons. The summed E-state index contributed by atoms with van der Waals surface area (Å²) in [5.41, 5.74) is 12.3. The third-order valence-corrected chi connectivity index (χ3v) is 6.58. The highest BCUT2D eigenvalue weighted by Crippen LogP contribution is 2.43. The van der Waals surface area contributed by atoms with Crippen molar-refractivity contribution in [1.29, 1.82) is 5.26 Å². The minimum Gasteiger partial charge on any atom is -0.383 e. The monoisotopic (exact) mass is 462 g/mol. The maximum atomic E-state index is 13.7. The summed E-state index contributed by atoms with van der Waals surface area (Å²) in [6.45, 7) is 1.34. The van der Waals surface area contributed by atoms with Gasteiger partial charge in [0, 0.05) is 29.3 Å². The van der Waals surface area contributed by atoms with Gasteiger partial charge in [0.25, 0.3) is 5.91 Å². The summed E-state index contributed by atoms with van der Waals surface area (Å²) in [5.74, 6) is 0.648. The van der Waals surface area contributed by atoms with Crippen molar-refractivity contribution in [3.8, 4) is 6.07 Å². The lowest BCUT2D eigenvalue weighted by atomic mass is 10.0. The van der Waals surface area contributed by atoms with Gasteiger partial charge in [0.2, 0.25) is 0 Å². The van der Waals surface area contributed by atoms with Crippen molar-refractivity contribution < 1.29 is 9.53 Å². The number of carbonyl (C=O) groups is 1. The van der Waals surface area contributed by atoms with E-state index >= 15 is 0 Å². The summed E-state index contributed by atoms with van der Waals surface area (Å²) in [5, 5.41) is 10.1. The molecule has 8 heteroatoms. The van der Waals surface area contributed by atoms with Crippen LogP contribution in [0.1, 0.15) is 57.2 Å². The van der Waals surface area contributed by atoms with Gasteiger partial charge in [-0.15, -0.1) is 0 Å². The number of nitrogens with zero attached hydrogens (tertiary/aromatic N) is 5. The Morgan fingerprint density at radius 2 is 2.00 bits per heavy atom. The number of nitrogen functional groups attached to an aromatic ring is 1. The average molecular weight is 463 g/mol. The van der Waals surface area contributed by atoms with Crippen molar-refractivity contribution in [2.75, 3.05) is 10.6 Å². The first-order valence-corrected chi connectivity index (χ1v) is 11.5. The second-order valence-electron chi connectivity index (χ2n) is 8.92. The summed E-state index contributed by atoms with van der Waals surface area (Å²) < 4.78 is 5.59. The molecule has 4 heterocycles. The Balaban J connectivity index is 1.42. The third-order valence-electron chi connectivity index (χ3n) is 6.58. The van der Waals surface area contributed by atoms with Crippen molar-refractivity contribution in [2.24, 2.45) is 0 Å². The van der Waals surface area contributed by atoms with Gasteiger partial charge in [-0.1, -0.05) is 12.1 Å². The van der Waals surface area contributed by atoms with E-state index in [1.54, 1.807) is 23.2 Å². The van der Waals surface area contributed by atoms with Crippen molar-refractivity contribution in [1.82, 2.24) is 15.0 Å². The molecule has 1 amide bonds. The molecule has 8 nitrogen and oxygen atoms in total. The topological polar surface area (TPSA) is 118 Å². The molecule has 4 aromatic rings. The third kappa shape index (κ3) is 3.86. The van der Waals surface area contributed by atoms with Gasteiger partial charge in [0.15, 0.2) is 0 Å². The largest absolute Gasteiger partial charge is 0.383 e. The molecule has 0 unspecified atom stereocenters. The highest BCUT2D eigenvalue weighted by molar-refractivity contribution is 6.06. The number of benzene rings is 1. The number of nitrogens with two attached hydrogens (primary N) is 1. The molecule has 2 N–H and O–H groups in total. The van der Waals surface area contributed by atoms with Crippen LogP contribution in [-0.2, 0) is 24.5 Å². The first-order chi connectivity index (χ1) is 17.1. The molecule has 1 saturated carbocycles. The van der Waals surface area contributed by atoms with Crippen molar-refractivity contribution in [3.63, 3.8) is 0 Å². The highest BCUT2D eigenvalue weighted by atomic mass is 16.5. The Morgan fingerprint density at radius 1 is 1.14 bits per heavy atom. The maximum absolute atomic E-state index is 13.7. The zero-order valence-corrected chi connectivity index (χ0v) is 18.9. The Hall–Kier alpha value is -4.35. The fraction of sp³-hybridized carbons (Fsp3) is 0.222. The van der Waals surface area contributed by atoms with Crippen LogP contribution in [0.5, 0.6) is 0 Å². The number of nitriles is 1. The number of hydrogen-bond acceptors (Lipinski definition) is 7. The zero-order chi connectivity index (χ0) is 23.9. The standard InChI is InChI=1S/C27H22N6O2/c28-11-19-7-6-18(12-31-19)27(34)33(24-2-1-9-30-25(24)17-4-5-17)13-16-3-8-20-21-14-35-15-22(21)26(29)32-23(20)10-16/h1-3,6-10,12,17H,4-5,13-15H2,(H2,29,32). The molecule has 2 aliphatic rings. The zero-order valence-electron chi connectivity index (χ0n) is 18.9. The fourth-order valence-electron chi connectivity index (χ4n) is 4.62. The Bertz CT molecular complexity index is 1510. The minimum atomic E-state index is -0.202. The molecule has 3 aromatic heterocycles. The number of rotatable bonds is 5. The molecule has 6 rings (SSSR count). The Morgan fingerprint density at radius 3 is 2.77 bits per heavy atom. The van der Waals surface area contributed by atoms with Crippen LogP contribution >= 0.6 is 0 Å². The van der Waals surface area contributed by atoms with E-state index in [0.29, 0.717) is 37.1 Å². The molecule has 0 saturated heterocycles. The number of carbonyl (C=O) groups excluding carboxylic acids is 1. The van der Waals surface area contributed by atoms with Gasteiger partial charge in [0.05, 0.1) is 42.2 Å². The molecule has 0 spiro atoms. The van der Waals surface area contributed by atoms with Crippen LogP contribution in [0.2, 0.25) is 0 Å². The summed E-state index contributed by atoms with van der Waals surface area (Å²) in [6, 6.07) is 15.0. The summed E-state index contributed by atoms with van der Waals surface area (Å²) in [7, 11) is 0. The van der Waals surface area contributed by atoms with E-state index in [9.17, 15) is 4.79 Å². The van der Waals surface area contributed by atoms with Crippen LogP contribution in [0.3, 0.4) is 0 Å². The molecule has 1 aliphatic carbocycles. The van der Waals surface area contributed by atoms with Gasteiger partial charge in [-0.05, 0) is 54.3 Å². The summed E-state index contributed by atoms with van der Waals surface area (Å²) >= 11 is 0. The second kappa shape index (κ2) is 8.46. The van der Waals surface area contributed by atoms with Gasteiger partial charge in [-0.3, -0.25) is 9.78 Å². The number of pyridine rings is 3. The molecule has 1 fully saturated rings. The lowest BCUT2D eigenvalue weighted by Gasteiger charge is -2.25. The molecule has 35 heavy (non-hydrogen) atoms. The van der Waals surface area contributed by atoms with Crippen LogP contribution in [-0.4, -0.2) is 20.9 Å². The Kier molecular flexibility index (Phi) is 5.12. The normalized spacial score (nSPS) is 14.5. The molecule has 0 bridgehead atoms. The SMILES string of the molecule is N#Cc1ccc(C(=O)N(Cc2ccc3c4c(c(N)nc3c2)COC4)c2cccnc2C2CC2)cn1. The van der Waals surface area contributed by atoms with E-state index in [0.717, 1.165) is 51.8 Å². The molecule has 172 valence electrons. The predicted molar refractivity (Wildman–Crippen MR) is 130 cm³/mol. The summed E-state index contributed by atoms with van der Waals surface area (Å²) in [4.78, 5) is 28.8. The lowest BCUT2D eigenvalue weighted by Crippen LogP contribution is -2.31. The number of hydrogen-bond donors (Lipinski definition) is 1. The van der Waals surface area contributed by atoms with Crippen molar-refractivity contribution >= 4 is 28.3 Å². The predicted octanol–water partition coefficient (Wildman–Crippen LogP) is 4.23. The number of amides is 1. The molecule has 0 atom stereocenters. The van der Waals surface area contributed by atoms with Gasteiger partial charge in [-0.25, -0.2) is 9.97 Å². The van der Waals surface area contributed by atoms with E-state index < -0.39 is 0 Å². The van der Waals surface area contributed by atoms with Crippen LogP contribution in [0.25, 0.3) is 10.9 Å². The van der Waals surface area contributed by atoms with Crippen LogP contribution in [0, 0.1) is 11.3 Å². The number of ether oxygens (including phenoxy) is 1. The molecular weight excluding hydrogens is 440 g/mol. The fourth-order valence-corrected chi connectivity index (χ4v) is 4.62. The van der Waals surface area contributed by atoms with Crippen LogP contribution in [0.15, 0.2) is 54.9 Å². The lowest BCUT2D eigenvalue weighted by molar-refractivity contribution is 0.0984. The summed E-state index contributed by atoms with van der Waals surface area (Å²) in [6.07, 6.45) is 5.36. The minimum absolute atomic E-state index is 0.202. The first kappa shape index (κ1) is 21.2. The van der Waals surface area contributed by atoms with Gasteiger partial charge in [-0.2, -0.15) is 5.26 Å². The van der Waals surface area contributed by atoms with E-state index in [1.165, 1.54) is 6.20 Å². The number of aromatic nitrogens is 3. The molecular formula is C27H22N6O2. The van der Waals surface area contributed by atoms with Gasteiger partial charge in [0.1, 0.15) is 17.6 Å². The quantitative estimate of drug-likeness (QED) is 0.471. The van der Waals surface area contributed by atoms with E-state index in [4.69, 9.17) is 15.7 Å². The molecule has 1 aliphatic heterocycles. The Labute approximate surface area is 202 Å². The average Bonchev–Trinajstić information content (AvgIpc) is 3.62. The first-order valence-electron chi connectivity index (χ1n) is 11.5. The van der Waals surface area contributed by atoms with Gasteiger partial charge < -0.3 is 15.4 Å². The maximum Gasteiger partial charge on any atom is 0.260 e. The van der Waals surface area contributed by atoms with E-state index in [-0.39, 0.29) is 11.6 Å². The van der Waals surface area contributed by atoms with Crippen molar-refractivity contribution in [2.45, 2.75) is 38.5 Å². The van der Waals surface area contributed by atoms with E-state index in [2.05, 4.69) is 15.0 Å². The van der Waals surface area contributed by atoms with Crippen LogP contribution < -0.4 is 10.6 Å². The number of fused-ring (bicyclic) bond motifs is 3. The van der Waals surface area contributed by atoms with Gasteiger partial charge >= 0.3 is 0 Å². The highest BCUT2D eigenvalue weighted by Gasteiger charge is 2.31. The number of anilines is 2. The second-order valence-corrected chi connectivity index (χ2v) is 8.92. The van der Waals surface area contributed by atoms with Crippen molar-refractivity contribution in [3.05, 3.63) is 88.5 Å². The van der Waals surface area contributed by atoms with Crippen LogP contribution in [0.4, 0.5) is 11.5 Å². The molecule has 1 aromatic carbocycles. The van der Waals surface area contributed by atoms with E-state index in [1.807, 2.05) is 36.4 Å².